The van der Waals surface area contributed by atoms with Crippen molar-refractivity contribution in [2.45, 2.75) is 106 Å². The first kappa shape index (κ1) is 53.3. The van der Waals surface area contributed by atoms with E-state index in [1.54, 1.807) is 24.3 Å². The minimum Gasteiger partial charge on any atom is -0.663 e. The van der Waals surface area contributed by atoms with Crippen LogP contribution in [0.4, 0.5) is 0 Å². The maximum Gasteiger partial charge on any atom is 2.00 e. The first-order valence-electron chi connectivity index (χ1n) is 17.5. The molecule has 286 valence electrons. The maximum atomic E-state index is 11.4. The van der Waals surface area contributed by atoms with Gasteiger partial charge in [-0.15, -0.1) is 0 Å². The molecule has 51 heavy (non-hydrogen) atoms. The summed E-state index contributed by atoms with van der Waals surface area (Å²) in [6.45, 7) is 38.0. The van der Waals surface area contributed by atoms with Crippen LogP contribution in [0.2, 0.25) is 78.6 Å². The third-order valence-electron chi connectivity index (χ3n) is 5.60. The van der Waals surface area contributed by atoms with Gasteiger partial charge in [-0.1, -0.05) is 103 Å². The Morgan fingerprint density at radius 3 is 0.922 bits per heavy atom. The number of nitrogens with one attached hydrogen (secondary N) is 2. The fourth-order valence-electron chi connectivity index (χ4n) is 3.89. The molecule has 0 atom stereocenters. The third-order valence-corrected chi connectivity index (χ3v) is 9.36. The Labute approximate surface area is 333 Å². The van der Waals surface area contributed by atoms with Gasteiger partial charge in [0.05, 0.1) is 11.1 Å². The number of benzene rings is 2. The summed E-state index contributed by atoms with van der Waals surface area (Å²) in [7, 11) is -6.64. The van der Waals surface area contributed by atoms with Gasteiger partial charge in [-0.05, 0) is 51.4 Å². The smallest absolute Gasteiger partial charge is 0.663 e. The molecule has 4 N–H and O–H groups in total. The summed E-state index contributed by atoms with van der Waals surface area (Å²) in [6, 6.07) is 14.1. The molecule has 2 aromatic carbocycles. The van der Waals surface area contributed by atoms with Crippen molar-refractivity contribution >= 4 is 56.6 Å². The van der Waals surface area contributed by atoms with Gasteiger partial charge >= 0.3 is 38.1 Å². The molecule has 0 amide bonds. The number of aromatic carboxylic acids is 2. The van der Waals surface area contributed by atoms with Gasteiger partial charge in [-0.3, -0.25) is 0 Å². The Kier molecular flexibility index (Phi) is 27.1. The van der Waals surface area contributed by atoms with Gasteiger partial charge in [-0.25, -0.2) is 9.59 Å². The molecule has 10 nitrogen and oxygen atoms in total. The molecule has 0 unspecified atom stereocenters. The Balaban J connectivity index is -0.000000703. The average Bonchev–Trinajstić information content (AvgIpc) is 2.95. The Morgan fingerprint density at radius 2 is 0.765 bits per heavy atom. The average molecular weight is 853 g/mol. The van der Waals surface area contributed by atoms with Crippen LogP contribution in [0.25, 0.3) is 10.6 Å². The van der Waals surface area contributed by atoms with Gasteiger partial charge in [0.2, 0.25) is 0 Å². The normalized spacial score (nSPS) is 12.0. The van der Waals surface area contributed by atoms with E-state index < -0.39 is 44.9 Å². The molecule has 0 fully saturated rings. The van der Waals surface area contributed by atoms with Crippen LogP contribution in [-0.4, -0.2) is 92.9 Å². The second-order valence-corrected chi connectivity index (χ2v) is 34.1. The molecule has 2 aromatic rings. The summed E-state index contributed by atoms with van der Waals surface area (Å²) in [6.07, 6.45) is 0. The van der Waals surface area contributed by atoms with Gasteiger partial charge in [0, 0.05) is 11.1 Å². The van der Waals surface area contributed by atoms with Gasteiger partial charge in [-0.2, -0.15) is 26.2 Å². The van der Waals surface area contributed by atoms with Crippen LogP contribution >= 0.6 is 0 Å². The van der Waals surface area contributed by atoms with Crippen LogP contribution in [0.15, 0.2) is 57.8 Å². The Bertz CT molecular complexity index is 1260. The fourth-order valence-corrected chi connectivity index (χ4v) is 7.61. The molecule has 0 spiro atoms. The summed E-state index contributed by atoms with van der Waals surface area (Å²) in [4.78, 5) is 29.8. The van der Waals surface area contributed by atoms with E-state index in [2.05, 4.69) is 99.2 Å². The summed E-state index contributed by atoms with van der Waals surface area (Å²) in [5.41, 5.74) is 1.97. The first-order valence-corrected chi connectivity index (χ1v) is 31.4. The number of hydrogen-bond donors (Lipinski definition) is 4. The summed E-state index contributed by atoms with van der Waals surface area (Å²) >= 11 is 0. The van der Waals surface area contributed by atoms with E-state index in [0.29, 0.717) is 22.3 Å². The standard InChI is InChI=1S/2C14H24N2O2Si2.2C4H10N.Zr/c2*1-19(2,3)15-13(16-20(4,5)6)11-9-7-8-10-12(11)14(17)18;2*1-3-5-4-2;/h2*7-10H,1-6H3,(H,15,16)(H,17,18);2*3-4H2,1-2H3;/q;;2*-1;+2. The van der Waals surface area contributed by atoms with Gasteiger partial charge in [0.25, 0.3) is 0 Å². The van der Waals surface area contributed by atoms with Crippen LogP contribution in [0.1, 0.15) is 59.5 Å². The molecular weight excluding hydrogens is 784 g/mol. The maximum absolute atomic E-state index is 11.4. The quantitative estimate of drug-likeness (QED) is 0.0949. The Morgan fingerprint density at radius 1 is 0.529 bits per heavy atom. The van der Waals surface area contributed by atoms with Crippen LogP contribution in [0.3, 0.4) is 0 Å². The number of rotatable bonds is 12. The summed E-state index contributed by atoms with van der Waals surface area (Å²) in [5, 5.41) is 26.6. The molecule has 2 rings (SSSR count). The summed E-state index contributed by atoms with van der Waals surface area (Å²) < 4.78 is 9.65. The minimum atomic E-state index is -1.71. The molecular formula is C36H68N6O4Si4Zr. The van der Waals surface area contributed by atoms with E-state index >= 15 is 0 Å². The van der Waals surface area contributed by atoms with Crippen LogP contribution in [0, 0.1) is 0 Å². The topological polar surface area (TPSA) is 152 Å². The SMILES string of the molecule is CC[N-]CC.CC[N-]CC.C[Si](C)(C)N=C(N[Si](C)(C)C)c1ccccc1C(=O)O.C[Si](C)(C)N=C(N[Si](C)(C)C)c1ccccc1C(=O)O.[Zr+2]. The monoisotopic (exact) mass is 850 g/mol. The number of nitrogens with zero attached hydrogens (tertiary/aromatic N) is 4. The molecule has 0 aliphatic rings. The van der Waals surface area contributed by atoms with Crippen molar-refractivity contribution in [3.05, 3.63) is 81.4 Å². The van der Waals surface area contributed by atoms with Crippen molar-refractivity contribution in [1.82, 2.24) is 9.96 Å². The van der Waals surface area contributed by atoms with Crippen molar-refractivity contribution < 1.29 is 46.0 Å². The van der Waals surface area contributed by atoms with E-state index in [-0.39, 0.29) is 26.2 Å². The summed E-state index contributed by atoms with van der Waals surface area (Å²) in [5.74, 6) is -0.356. The molecule has 0 saturated carbocycles. The van der Waals surface area contributed by atoms with Gasteiger partial charge < -0.3 is 40.1 Å². The predicted molar refractivity (Wildman–Crippen MR) is 228 cm³/mol. The van der Waals surface area contributed by atoms with E-state index in [1.807, 2.05) is 52.0 Å². The van der Waals surface area contributed by atoms with Gasteiger partial charge in [0.15, 0.2) is 16.5 Å². The van der Waals surface area contributed by atoms with Crippen LogP contribution in [-0.2, 0) is 26.2 Å². The zero-order chi connectivity index (χ0) is 39.3. The van der Waals surface area contributed by atoms with E-state index in [4.69, 9.17) is 9.32 Å². The molecule has 0 saturated heterocycles. The minimum absolute atomic E-state index is 0. The van der Waals surface area contributed by atoms with E-state index in [1.165, 1.54) is 0 Å². The van der Waals surface area contributed by atoms with Crippen molar-refractivity contribution in [2.24, 2.45) is 9.32 Å². The van der Waals surface area contributed by atoms with Crippen LogP contribution < -0.4 is 9.96 Å². The number of amidine groups is 2. The van der Waals surface area contributed by atoms with Crippen molar-refractivity contribution in [3.63, 3.8) is 0 Å². The zero-order valence-corrected chi connectivity index (χ0v) is 40.9. The number of carboxylic acid groups (broad SMARTS) is 2. The molecule has 0 aliphatic heterocycles. The molecule has 15 heteroatoms. The zero-order valence-electron chi connectivity index (χ0n) is 34.4. The van der Waals surface area contributed by atoms with Crippen LogP contribution in [0.5, 0.6) is 0 Å². The predicted octanol–water partition coefficient (Wildman–Crippen LogP) is 9.58. The number of carboxylic acids is 2. The molecule has 0 aromatic heterocycles. The molecule has 0 aliphatic carbocycles. The largest absolute Gasteiger partial charge is 2.00 e. The number of hydrogen-bond acceptors (Lipinski definition) is 4. The molecule has 0 radical (unpaired) electrons. The van der Waals surface area contributed by atoms with Crippen molar-refractivity contribution in [1.29, 1.82) is 0 Å². The van der Waals surface area contributed by atoms with E-state index in [9.17, 15) is 19.8 Å². The second kappa shape index (κ2) is 25.9. The Hall–Kier alpha value is -2.01. The third kappa shape index (κ3) is 28.2. The second-order valence-electron chi connectivity index (χ2n) is 15.4. The fraction of sp³-hybridized carbons (Fsp3) is 0.556. The molecule has 0 heterocycles. The van der Waals surface area contributed by atoms with Gasteiger partial charge in [0.1, 0.15) is 28.1 Å². The first-order chi connectivity index (χ1) is 22.8. The molecule has 0 bridgehead atoms. The van der Waals surface area contributed by atoms with Crippen molar-refractivity contribution in [2.75, 3.05) is 26.2 Å². The van der Waals surface area contributed by atoms with Crippen molar-refractivity contribution in [3.8, 4) is 0 Å². The van der Waals surface area contributed by atoms with E-state index in [0.717, 1.165) is 37.9 Å². The number of carbonyl (C=O) groups is 2.